The van der Waals surface area contributed by atoms with Gasteiger partial charge in [-0.05, 0) is 48.1 Å². The highest BCUT2D eigenvalue weighted by atomic mass is 19.1. The molecule has 3 aromatic rings. The van der Waals surface area contributed by atoms with Crippen molar-refractivity contribution >= 4 is 23.1 Å². The van der Waals surface area contributed by atoms with Crippen molar-refractivity contribution in [3.05, 3.63) is 70.2 Å². The van der Waals surface area contributed by atoms with Crippen LogP contribution in [-0.4, -0.2) is 32.7 Å². The molecule has 27 heavy (non-hydrogen) atoms. The number of nitrogens with zero attached hydrogens (tertiary/aromatic N) is 4. The zero-order chi connectivity index (χ0) is 19.0. The number of ketones is 1. The van der Waals surface area contributed by atoms with Crippen LogP contribution >= 0.6 is 0 Å². The monoisotopic (exact) mass is 368 g/mol. The van der Waals surface area contributed by atoms with Gasteiger partial charge in [-0.1, -0.05) is 6.07 Å². The van der Waals surface area contributed by atoms with Gasteiger partial charge < -0.3 is 15.0 Å². The number of aromatic nitrogens is 2. The maximum absolute atomic E-state index is 13.1. The molecular weight excluding hydrogens is 351 g/mol. The van der Waals surface area contributed by atoms with Gasteiger partial charge in [0.05, 0.1) is 6.20 Å². The summed E-state index contributed by atoms with van der Waals surface area (Å²) >= 11 is 0. The summed E-state index contributed by atoms with van der Waals surface area (Å²) in [5.74, 6) is -0.306. The summed E-state index contributed by atoms with van der Waals surface area (Å²) < 4.78 is 14.5. The third kappa shape index (κ3) is 3.14. The Morgan fingerprint density at radius 1 is 1.26 bits per heavy atom. The van der Waals surface area contributed by atoms with E-state index in [0.717, 1.165) is 12.8 Å². The summed E-state index contributed by atoms with van der Waals surface area (Å²) in [5.41, 5.74) is 0.933. The number of pyridine rings is 1. The van der Waals surface area contributed by atoms with E-state index in [-0.39, 0.29) is 24.1 Å². The van der Waals surface area contributed by atoms with Gasteiger partial charge in [-0.25, -0.2) is 4.39 Å². The first-order chi connectivity index (χ1) is 13.0. The Morgan fingerprint density at radius 3 is 2.78 bits per heavy atom. The lowest BCUT2D eigenvalue weighted by molar-refractivity contribution is -0.389. The highest BCUT2D eigenvalue weighted by Gasteiger charge is 2.35. The molecule has 7 nitrogen and oxygen atoms in total. The van der Waals surface area contributed by atoms with Crippen LogP contribution in [0.4, 0.5) is 16.0 Å². The van der Waals surface area contributed by atoms with Crippen LogP contribution in [0.1, 0.15) is 29.6 Å². The second kappa shape index (κ2) is 6.79. The predicted octanol–water partition coefficient (Wildman–Crippen LogP) is 3.62. The average molecular weight is 368 g/mol. The van der Waals surface area contributed by atoms with Crippen LogP contribution in [0.2, 0.25) is 0 Å². The summed E-state index contributed by atoms with van der Waals surface area (Å²) in [4.78, 5) is 30.1. The molecule has 1 atom stereocenters. The lowest BCUT2D eigenvalue weighted by Gasteiger charge is -2.23. The number of hydrogen-bond donors (Lipinski definition) is 0. The topological polar surface area (TPSA) is 80.8 Å². The molecule has 1 fully saturated rings. The number of Topliss-reactive ketones (excluding diaryl/α,β-unsaturated/α-hetero) is 1. The summed E-state index contributed by atoms with van der Waals surface area (Å²) in [5, 5.41) is 11.7. The zero-order valence-electron chi connectivity index (χ0n) is 14.4. The third-order valence-corrected chi connectivity index (χ3v) is 4.90. The smallest absolute Gasteiger partial charge is 0.358 e. The second-order valence-corrected chi connectivity index (χ2v) is 6.57. The van der Waals surface area contributed by atoms with Crippen molar-refractivity contribution in [1.82, 2.24) is 9.38 Å². The second-order valence-electron chi connectivity index (χ2n) is 6.57. The summed E-state index contributed by atoms with van der Waals surface area (Å²) in [6.45, 7) is 0.603. The molecule has 0 amide bonds. The molecule has 138 valence electrons. The Morgan fingerprint density at radius 2 is 2.04 bits per heavy atom. The molecule has 0 spiro atoms. The van der Waals surface area contributed by atoms with E-state index in [2.05, 4.69) is 4.98 Å². The van der Waals surface area contributed by atoms with Crippen LogP contribution in [0.5, 0.6) is 0 Å². The Balaban J connectivity index is 1.64. The van der Waals surface area contributed by atoms with Crippen molar-refractivity contribution < 1.29 is 14.1 Å². The fourth-order valence-corrected chi connectivity index (χ4v) is 3.63. The lowest BCUT2D eigenvalue weighted by Crippen LogP contribution is -2.32. The molecular formula is C19H17FN4O3. The SMILES string of the molecule is O=C(CC1CCCN1c1nc2ccccn2c1[N+](=O)[O-])c1ccc(F)cc1. The van der Waals surface area contributed by atoms with Crippen molar-refractivity contribution in [2.75, 3.05) is 11.4 Å². The summed E-state index contributed by atoms with van der Waals surface area (Å²) in [6, 6.07) is 10.5. The van der Waals surface area contributed by atoms with E-state index in [1.54, 1.807) is 24.4 Å². The molecule has 3 heterocycles. The molecule has 4 rings (SSSR count). The van der Waals surface area contributed by atoms with Crippen molar-refractivity contribution in [3.8, 4) is 0 Å². The third-order valence-electron chi connectivity index (χ3n) is 4.90. The van der Waals surface area contributed by atoms with Crippen LogP contribution in [0.15, 0.2) is 48.7 Å². The average Bonchev–Trinajstić information content (AvgIpc) is 3.25. The molecule has 1 aliphatic heterocycles. The Kier molecular flexibility index (Phi) is 4.31. The lowest BCUT2D eigenvalue weighted by atomic mass is 10.0. The number of anilines is 1. The fourth-order valence-electron chi connectivity index (χ4n) is 3.63. The number of carbonyl (C=O) groups is 1. The minimum atomic E-state index is -0.438. The van der Waals surface area contributed by atoms with E-state index in [1.165, 1.54) is 28.7 Å². The standard InChI is InChI=1S/C19H17FN4O3/c20-14-8-6-13(7-9-14)16(25)12-15-4-3-11-22(15)18-19(24(26)27)23-10-2-1-5-17(23)21-18/h1-2,5-10,15H,3-4,11-12H2. The molecule has 1 saturated heterocycles. The van der Waals surface area contributed by atoms with E-state index < -0.39 is 10.7 Å². The van der Waals surface area contributed by atoms with Crippen molar-refractivity contribution in [3.63, 3.8) is 0 Å². The molecule has 1 aromatic carbocycles. The number of nitro groups is 1. The molecule has 2 aromatic heterocycles. The molecule has 0 bridgehead atoms. The molecule has 1 aliphatic rings. The van der Waals surface area contributed by atoms with E-state index in [9.17, 15) is 19.3 Å². The minimum Gasteiger partial charge on any atom is -0.358 e. The van der Waals surface area contributed by atoms with E-state index in [1.807, 2.05) is 4.90 Å². The molecule has 8 heteroatoms. The van der Waals surface area contributed by atoms with Gasteiger partial charge in [0.15, 0.2) is 5.78 Å². The van der Waals surface area contributed by atoms with Crippen molar-refractivity contribution in [2.24, 2.45) is 0 Å². The van der Waals surface area contributed by atoms with Gasteiger partial charge in [0.25, 0.3) is 0 Å². The minimum absolute atomic E-state index is 0.0910. The van der Waals surface area contributed by atoms with Gasteiger partial charge in [0.2, 0.25) is 11.5 Å². The van der Waals surface area contributed by atoms with Crippen LogP contribution in [0.25, 0.3) is 5.65 Å². The Bertz CT molecular complexity index is 1020. The number of carbonyl (C=O) groups excluding carboxylic acids is 1. The number of benzene rings is 1. The highest BCUT2D eigenvalue weighted by molar-refractivity contribution is 5.96. The van der Waals surface area contributed by atoms with Crippen LogP contribution in [-0.2, 0) is 0 Å². The first-order valence-corrected chi connectivity index (χ1v) is 8.71. The van der Waals surface area contributed by atoms with E-state index in [4.69, 9.17) is 0 Å². The van der Waals surface area contributed by atoms with Crippen LogP contribution < -0.4 is 4.90 Å². The van der Waals surface area contributed by atoms with Crippen LogP contribution in [0.3, 0.4) is 0 Å². The normalized spacial score (nSPS) is 16.8. The maximum Gasteiger partial charge on any atom is 0.372 e. The number of hydrogen-bond acceptors (Lipinski definition) is 5. The Labute approximate surface area is 154 Å². The largest absolute Gasteiger partial charge is 0.372 e. The van der Waals surface area contributed by atoms with Gasteiger partial charge in [0.1, 0.15) is 5.82 Å². The molecule has 0 saturated carbocycles. The van der Waals surface area contributed by atoms with Gasteiger partial charge in [0, 0.05) is 30.6 Å². The predicted molar refractivity (Wildman–Crippen MR) is 97.6 cm³/mol. The van der Waals surface area contributed by atoms with Crippen LogP contribution in [0, 0.1) is 15.9 Å². The molecule has 1 unspecified atom stereocenters. The van der Waals surface area contributed by atoms with Gasteiger partial charge >= 0.3 is 5.82 Å². The zero-order valence-corrected chi connectivity index (χ0v) is 14.4. The van der Waals surface area contributed by atoms with Gasteiger partial charge in [-0.2, -0.15) is 9.38 Å². The number of imidazole rings is 1. The first kappa shape index (κ1) is 17.1. The number of fused-ring (bicyclic) bond motifs is 1. The van der Waals surface area contributed by atoms with Crippen molar-refractivity contribution in [1.29, 1.82) is 0 Å². The quantitative estimate of drug-likeness (QED) is 0.390. The maximum atomic E-state index is 13.1. The highest BCUT2D eigenvalue weighted by Crippen LogP contribution is 2.35. The molecule has 0 N–H and O–H groups in total. The van der Waals surface area contributed by atoms with Gasteiger partial charge in [-0.15, -0.1) is 0 Å². The number of halogens is 1. The van der Waals surface area contributed by atoms with E-state index in [0.29, 0.717) is 23.6 Å². The first-order valence-electron chi connectivity index (χ1n) is 8.71. The Hall–Kier alpha value is -3.29. The molecule has 0 radical (unpaired) electrons. The van der Waals surface area contributed by atoms with Crippen molar-refractivity contribution in [2.45, 2.75) is 25.3 Å². The van der Waals surface area contributed by atoms with E-state index >= 15 is 0 Å². The number of rotatable bonds is 5. The summed E-state index contributed by atoms with van der Waals surface area (Å²) in [7, 11) is 0. The molecule has 0 aliphatic carbocycles. The fraction of sp³-hybridized carbons (Fsp3) is 0.263. The van der Waals surface area contributed by atoms with Gasteiger partial charge in [-0.3, -0.25) is 4.79 Å². The summed E-state index contributed by atoms with van der Waals surface area (Å²) in [6.07, 6.45) is 3.39.